The van der Waals surface area contributed by atoms with Crippen LogP contribution >= 0.6 is 0 Å². The van der Waals surface area contributed by atoms with Crippen LogP contribution in [-0.4, -0.2) is 40.3 Å². The molecule has 0 aliphatic heterocycles. The van der Waals surface area contributed by atoms with Crippen molar-refractivity contribution in [3.05, 3.63) is 0 Å². The maximum Gasteiger partial charge on any atom is 0.302 e. The molecule has 5 fully saturated rings. The zero-order valence-electron chi connectivity index (χ0n) is 22.1. The van der Waals surface area contributed by atoms with E-state index in [0.717, 1.165) is 12.8 Å². The molecular weight excluding hydrogens is 428 g/mol. The minimum Gasteiger partial charge on any atom is -0.462 e. The molecule has 0 heterocycles. The Morgan fingerprint density at radius 2 is 1.59 bits per heavy atom. The van der Waals surface area contributed by atoms with E-state index in [0.29, 0.717) is 30.1 Å². The normalized spacial score (nSPS) is 56.1. The Labute approximate surface area is 205 Å². The largest absolute Gasteiger partial charge is 0.462 e. The first-order chi connectivity index (χ1) is 15.8. The van der Waals surface area contributed by atoms with Crippen LogP contribution in [0, 0.1) is 51.2 Å². The highest BCUT2D eigenvalue weighted by Crippen LogP contribution is 2.77. The smallest absolute Gasteiger partial charge is 0.302 e. The maximum absolute atomic E-state index is 12.7. The van der Waals surface area contributed by atoms with Gasteiger partial charge >= 0.3 is 5.97 Å². The van der Waals surface area contributed by atoms with Crippen LogP contribution in [0.4, 0.5) is 0 Å². The molecule has 5 saturated carbocycles. The van der Waals surface area contributed by atoms with Gasteiger partial charge in [0.2, 0.25) is 0 Å². The van der Waals surface area contributed by atoms with Crippen LogP contribution in [0.1, 0.15) is 99.3 Å². The van der Waals surface area contributed by atoms with Gasteiger partial charge in [-0.25, -0.2) is 0 Å². The van der Waals surface area contributed by atoms with Crippen molar-refractivity contribution >= 4 is 11.8 Å². The van der Waals surface area contributed by atoms with Gasteiger partial charge in [0.05, 0.1) is 12.2 Å². The molecule has 0 bridgehead atoms. The molecule has 12 atom stereocenters. The second-order valence-corrected chi connectivity index (χ2v) is 13.8. The van der Waals surface area contributed by atoms with Crippen LogP contribution in [0.2, 0.25) is 0 Å². The summed E-state index contributed by atoms with van der Waals surface area (Å²) in [6, 6.07) is 0. The van der Waals surface area contributed by atoms with Crippen LogP contribution in [0.15, 0.2) is 0 Å². The number of ketones is 1. The van der Waals surface area contributed by atoms with E-state index in [4.69, 9.17) is 4.74 Å². The van der Waals surface area contributed by atoms with Gasteiger partial charge < -0.3 is 14.9 Å². The van der Waals surface area contributed by atoms with Gasteiger partial charge in [0.15, 0.2) is 0 Å². The zero-order chi connectivity index (χ0) is 24.8. The third-order valence-electron chi connectivity index (χ3n) is 12.6. The van der Waals surface area contributed by atoms with Crippen LogP contribution in [0.5, 0.6) is 0 Å². The van der Waals surface area contributed by atoms with Crippen molar-refractivity contribution in [3.63, 3.8) is 0 Å². The summed E-state index contributed by atoms with van der Waals surface area (Å²) in [5, 5.41) is 22.2. The van der Waals surface area contributed by atoms with E-state index in [2.05, 4.69) is 27.7 Å². The van der Waals surface area contributed by atoms with Crippen molar-refractivity contribution in [1.29, 1.82) is 0 Å². The minimum absolute atomic E-state index is 0.00895. The maximum atomic E-state index is 12.7. The lowest BCUT2D eigenvalue weighted by Gasteiger charge is -2.76. The summed E-state index contributed by atoms with van der Waals surface area (Å²) in [6.07, 6.45) is 7.60. The highest BCUT2D eigenvalue weighted by atomic mass is 16.5. The van der Waals surface area contributed by atoms with E-state index in [-0.39, 0.29) is 40.5 Å². The summed E-state index contributed by atoms with van der Waals surface area (Å²) in [7, 11) is 0. The highest BCUT2D eigenvalue weighted by Gasteiger charge is 2.76. The zero-order valence-corrected chi connectivity index (χ0v) is 22.1. The number of esters is 1. The van der Waals surface area contributed by atoms with Crippen LogP contribution < -0.4 is 0 Å². The van der Waals surface area contributed by atoms with E-state index in [1.165, 1.54) is 39.0 Å². The predicted molar refractivity (Wildman–Crippen MR) is 130 cm³/mol. The van der Waals surface area contributed by atoms with E-state index in [1.54, 1.807) is 6.92 Å². The van der Waals surface area contributed by atoms with Gasteiger partial charge in [-0.3, -0.25) is 9.59 Å². The summed E-state index contributed by atoms with van der Waals surface area (Å²) in [5.74, 6) is 0.00235. The number of aliphatic hydroxyl groups excluding tert-OH is 2. The Kier molecular flexibility index (Phi) is 5.66. The second-order valence-electron chi connectivity index (χ2n) is 13.8. The quantitative estimate of drug-likeness (QED) is 0.568. The number of fused-ring (bicyclic) bond motifs is 4. The van der Waals surface area contributed by atoms with Gasteiger partial charge in [-0.2, -0.15) is 0 Å². The number of rotatable bonds is 3. The number of carbonyl (C=O) groups excluding carboxylic acids is 2. The summed E-state index contributed by atoms with van der Waals surface area (Å²) in [5.41, 5.74) is 0.129. The van der Waals surface area contributed by atoms with E-state index < -0.39 is 23.5 Å². The molecule has 192 valence electrons. The van der Waals surface area contributed by atoms with Crippen LogP contribution in [0.25, 0.3) is 0 Å². The fraction of sp³-hybridized carbons (Fsp3) is 0.931. The van der Waals surface area contributed by atoms with Gasteiger partial charge in [-0.05, 0) is 85.9 Å². The van der Waals surface area contributed by atoms with Gasteiger partial charge in [-0.15, -0.1) is 0 Å². The molecule has 1 spiro atoms. The number of carbonyl (C=O) groups is 2. The Morgan fingerprint density at radius 1 is 0.912 bits per heavy atom. The average molecular weight is 475 g/mol. The molecule has 0 radical (unpaired) electrons. The number of ether oxygens (including phenoxy) is 1. The monoisotopic (exact) mass is 474 g/mol. The van der Waals surface area contributed by atoms with Gasteiger partial charge in [-0.1, -0.05) is 40.5 Å². The molecule has 1 unspecified atom stereocenters. The molecule has 0 amide bonds. The Morgan fingerprint density at radius 3 is 2.18 bits per heavy atom. The molecular formula is C29H46O5. The van der Waals surface area contributed by atoms with Crippen molar-refractivity contribution in [3.8, 4) is 0 Å². The Balaban J connectivity index is 1.62. The molecule has 5 aliphatic carbocycles. The van der Waals surface area contributed by atoms with Crippen molar-refractivity contribution in [2.24, 2.45) is 51.2 Å². The lowest BCUT2D eigenvalue weighted by Crippen LogP contribution is -2.76. The molecule has 5 heteroatoms. The molecule has 5 rings (SSSR count). The predicted octanol–water partition coefficient (Wildman–Crippen LogP) is 4.91. The third kappa shape index (κ3) is 2.98. The Hall–Kier alpha value is -0.940. The van der Waals surface area contributed by atoms with Crippen molar-refractivity contribution in [2.75, 3.05) is 0 Å². The van der Waals surface area contributed by atoms with Crippen molar-refractivity contribution in [1.82, 2.24) is 0 Å². The number of hydrogen-bond donors (Lipinski definition) is 2. The molecule has 0 saturated heterocycles. The fourth-order valence-corrected chi connectivity index (χ4v) is 11.3. The van der Waals surface area contributed by atoms with Crippen LogP contribution in [0.3, 0.4) is 0 Å². The SMILES string of the molecule is CC[C@@]1(C)CCC[C@]2(C)[C@H]3C[C@H](OC(C)=O)[C@]45CC(O)[C@H]4[C@H](C(C)=O)[C@@H](O)C[C@H]5[C@]3(C)CC[C@@H]12. The van der Waals surface area contributed by atoms with E-state index in [9.17, 15) is 19.8 Å². The molecule has 0 aromatic rings. The molecule has 2 N–H and O–H groups in total. The topological polar surface area (TPSA) is 83.8 Å². The summed E-state index contributed by atoms with van der Waals surface area (Å²) in [6.45, 7) is 12.8. The molecule has 0 aromatic carbocycles. The highest BCUT2D eigenvalue weighted by molar-refractivity contribution is 5.80. The first-order valence-electron chi connectivity index (χ1n) is 13.9. The van der Waals surface area contributed by atoms with Crippen molar-refractivity contribution < 1.29 is 24.5 Å². The number of hydrogen-bond acceptors (Lipinski definition) is 5. The first kappa shape index (κ1) is 24.7. The Bertz CT molecular complexity index is 871. The van der Waals surface area contributed by atoms with Gasteiger partial charge in [0, 0.05) is 24.2 Å². The number of Topliss-reactive ketones (excluding diaryl/α,β-unsaturated/α-hetero) is 1. The molecule has 34 heavy (non-hydrogen) atoms. The third-order valence-corrected chi connectivity index (χ3v) is 12.6. The van der Waals surface area contributed by atoms with Crippen molar-refractivity contribution in [2.45, 2.75) is 118 Å². The van der Waals surface area contributed by atoms with Crippen LogP contribution in [-0.2, 0) is 14.3 Å². The average Bonchev–Trinajstić information content (AvgIpc) is 2.74. The van der Waals surface area contributed by atoms with Gasteiger partial charge in [0.1, 0.15) is 11.9 Å². The molecule has 5 nitrogen and oxygen atoms in total. The first-order valence-corrected chi connectivity index (χ1v) is 13.9. The van der Waals surface area contributed by atoms with E-state index >= 15 is 0 Å². The standard InChI is InChI=1S/C29H46O5/c1-7-26(4)10-8-11-27(5)20(26)9-12-28(6)21(27)14-23(34-17(3)31)29-15-19(33)25(29)24(16(2)30)18(32)13-22(28)29/h18-25,32-33H,7-15H2,1-6H3/t18-,19?,20-,21+,22-,23-,24+,25-,26-,27-,28+,29+/m0/s1. The number of aliphatic hydroxyl groups is 2. The summed E-state index contributed by atoms with van der Waals surface area (Å²) < 4.78 is 6.15. The summed E-state index contributed by atoms with van der Waals surface area (Å²) >= 11 is 0. The summed E-state index contributed by atoms with van der Waals surface area (Å²) in [4.78, 5) is 25.0. The second kappa shape index (κ2) is 7.78. The fourth-order valence-electron chi connectivity index (χ4n) is 11.3. The lowest BCUT2D eigenvalue weighted by molar-refractivity contribution is -0.323. The van der Waals surface area contributed by atoms with E-state index in [1.807, 2.05) is 0 Å². The molecule has 0 aromatic heterocycles. The minimum atomic E-state index is -0.734. The van der Waals surface area contributed by atoms with Gasteiger partial charge in [0.25, 0.3) is 0 Å². The lowest BCUT2D eigenvalue weighted by atomic mass is 9.29. The molecule has 5 aliphatic rings.